The number of carbonyl (C=O) groups is 2. The largest absolute Gasteiger partial charge is 0.460 e. The van der Waals surface area contributed by atoms with E-state index < -0.39 is 5.97 Å². The maximum Gasteiger partial charge on any atom is 0.325 e. The Balaban J connectivity index is 1.77. The van der Waals surface area contributed by atoms with Crippen LogP contribution in [0.15, 0.2) is 59.1 Å². The Morgan fingerprint density at radius 2 is 1.81 bits per heavy atom. The van der Waals surface area contributed by atoms with Crippen molar-refractivity contribution >= 4 is 27.8 Å². The molecule has 2 aromatic carbocycles. The van der Waals surface area contributed by atoms with Gasteiger partial charge >= 0.3 is 5.97 Å². The van der Waals surface area contributed by atoms with Gasteiger partial charge in [-0.3, -0.25) is 9.59 Å². The van der Waals surface area contributed by atoms with Crippen LogP contribution in [0.2, 0.25) is 0 Å². The van der Waals surface area contributed by atoms with Crippen LogP contribution in [0.4, 0.5) is 0 Å². The molecule has 1 amide bonds. The van der Waals surface area contributed by atoms with E-state index in [-0.39, 0.29) is 19.1 Å². The maximum absolute atomic E-state index is 11.8. The van der Waals surface area contributed by atoms with Crippen molar-refractivity contribution in [2.24, 2.45) is 0 Å². The first-order valence-corrected chi connectivity index (χ1v) is 7.18. The number of ether oxygens (including phenoxy) is 1. The second kappa shape index (κ2) is 7.59. The van der Waals surface area contributed by atoms with Crippen LogP contribution in [0.3, 0.4) is 0 Å². The molecule has 0 unspecified atom stereocenters. The predicted octanol–water partition coefficient (Wildman–Crippen LogP) is 2.92. The van der Waals surface area contributed by atoms with Crippen molar-refractivity contribution in [2.75, 3.05) is 6.54 Å². The van der Waals surface area contributed by atoms with Gasteiger partial charge in [0.15, 0.2) is 0 Å². The fourth-order valence-electron chi connectivity index (χ4n) is 1.67. The molecule has 0 aliphatic heterocycles. The van der Waals surface area contributed by atoms with Gasteiger partial charge in [-0.25, -0.2) is 0 Å². The highest BCUT2D eigenvalue weighted by molar-refractivity contribution is 9.10. The SMILES string of the molecule is O=C(CNC(=O)c1cccc(Br)c1)OCc1ccccc1. The minimum absolute atomic E-state index is 0.155. The van der Waals surface area contributed by atoms with E-state index in [4.69, 9.17) is 4.74 Å². The smallest absolute Gasteiger partial charge is 0.325 e. The summed E-state index contributed by atoms with van der Waals surface area (Å²) in [6.45, 7) is 0.0462. The number of halogens is 1. The molecule has 21 heavy (non-hydrogen) atoms. The molecule has 0 saturated carbocycles. The normalized spacial score (nSPS) is 9.95. The number of nitrogens with one attached hydrogen (secondary N) is 1. The predicted molar refractivity (Wildman–Crippen MR) is 82.7 cm³/mol. The third-order valence-corrected chi connectivity index (χ3v) is 3.22. The van der Waals surface area contributed by atoms with Crippen molar-refractivity contribution in [3.05, 3.63) is 70.2 Å². The molecule has 0 radical (unpaired) electrons. The monoisotopic (exact) mass is 347 g/mol. The number of hydrogen-bond acceptors (Lipinski definition) is 3. The molecule has 0 bridgehead atoms. The third kappa shape index (κ3) is 5.04. The van der Waals surface area contributed by atoms with Crippen molar-refractivity contribution in [1.82, 2.24) is 5.32 Å². The molecule has 0 fully saturated rings. The van der Waals surface area contributed by atoms with Gasteiger partial charge in [-0.1, -0.05) is 52.3 Å². The Morgan fingerprint density at radius 1 is 1.05 bits per heavy atom. The first kappa shape index (κ1) is 15.3. The van der Waals surface area contributed by atoms with Crippen LogP contribution >= 0.6 is 15.9 Å². The summed E-state index contributed by atoms with van der Waals surface area (Å²) in [4.78, 5) is 23.4. The fraction of sp³-hybridized carbons (Fsp3) is 0.125. The summed E-state index contributed by atoms with van der Waals surface area (Å²) in [6, 6.07) is 16.3. The third-order valence-electron chi connectivity index (χ3n) is 2.72. The molecule has 5 heteroatoms. The number of carbonyl (C=O) groups excluding carboxylic acids is 2. The molecule has 0 saturated heterocycles. The first-order valence-electron chi connectivity index (χ1n) is 6.38. The Kier molecular flexibility index (Phi) is 5.51. The summed E-state index contributed by atoms with van der Waals surface area (Å²) in [7, 11) is 0. The summed E-state index contributed by atoms with van der Waals surface area (Å²) < 4.78 is 5.88. The van der Waals surface area contributed by atoms with Crippen LogP contribution in [0.1, 0.15) is 15.9 Å². The number of rotatable bonds is 5. The highest BCUT2D eigenvalue weighted by Gasteiger charge is 2.09. The Hall–Kier alpha value is -2.14. The summed E-state index contributed by atoms with van der Waals surface area (Å²) in [5.74, 6) is -0.782. The van der Waals surface area contributed by atoms with E-state index in [9.17, 15) is 9.59 Å². The molecule has 0 heterocycles. The molecule has 2 rings (SSSR count). The molecule has 0 spiro atoms. The van der Waals surface area contributed by atoms with Crippen molar-refractivity contribution in [3.63, 3.8) is 0 Å². The summed E-state index contributed by atoms with van der Waals surface area (Å²) >= 11 is 3.29. The second-order valence-electron chi connectivity index (χ2n) is 4.34. The van der Waals surface area contributed by atoms with Crippen LogP contribution in [-0.4, -0.2) is 18.4 Å². The highest BCUT2D eigenvalue weighted by atomic mass is 79.9. The van der Waals surface area contributed by atoms with E-state index in [2.05, 4.69) is 21.2 Å². The van der Waals surface area contributed by atoms with Crippen molar-refractivity contribution in [2.45, 2.75) is 6.61 Å². The zero-order valence-electron chi connectivity index (χ0n) is 11.2. The molecular formula is C16H14BrNO3. The van der Waals surface area contributed by atoms with Gasteiger partial charge in [-0.15, -0.1) is 0 Å². The first-order chi connectivity index (χ1) is 10.1. The highest BCUT2D eigenvalue weighted by Crippen LogP contribution is 2.11. The van der Waals surface area contributed by atoms with Gasteiger partial charge in [0, 0.05) is 10.0 Å². The lowest BCUT2D eigenvalue weighted by Crippen LogP contribution is -2.30. The van der Waals surface area contributed by atoms with Crippen LogP contribution < -0.4 is 5.32 Å². The number of benzene rings is 2. The average Bonchev–Trinajstić information content (AvgIpc) is 2.51. The average molecular weight is 348 g/mol. The lowest BCUT2D eigenvalue weighted by Gasteiger charge is -2.07. The van der Waals surface area contributed by atoms with Gasteiger partial charge in [0.25, 0.3) is 5.91 Å². The van der Waals surface area contributed by atoms with Crippen molar-refractivity contribution < 1.29 is 14.3 Å². The zero-order valence-corrected chi connectivity index (χ0v) is 12.8. The molecule has 0 atom stereocenters. The molecule has 1 N–H and O–H groups in total. The van der Waals surface area contributed by atoms with Crippen molar-refractivity contribution in [3.8, 4) is 0 Å². The Labute approximate surface area is 131 Å². The van der Waals surface area contributed by atoms with Crippen LogP contribution in [0, 0.1) is 0 Å². The van der Waals surface area contributed by atoms with Gasteiger partial charge in [0.2, 0.25) is 0 Å². The summed E-state index contributed by atoms with van der Waals surface area (Å²) in [5, 5.41) is 2.53. The maximum atomic E-state index is 11.8. The van der Waals surface area contributed by atoms with E-state index in [1.54, 1.807) is 18.2 Å². The van der Waals surface area contributed by atoms with E-state index in [0.29, 0.717) is 5.56 Å². The number of hydrogen-bond donors (Lipinski definition) is 1. The number of esters is 1. The van der Waals surface area contributed by atoms with Gasteiger partial charge in [0.05, 0.1) is 0 Å². The second-order valence-corrected chi connectivity index (χ2v) is 5.25. The molecule has 0 aromatic heterocycles. The molecule has 0 aliphatic rings. The van der Waals surface area contributed by atoms with Gasteiger partial charge < -0.3 is 10.1 Å². The molecule has 108 valence electrons. The Bertz CT molecular complexity index is 628. The Morgan fingerprint density at radius 3 is 2.52 bits per heavy atom. The van der Waals surface area contributed by atoms with Gasteiger partial charge in [-0.05, 0) is 23.8 Å². The van der Waals surface area contributed by atoms with Gasteiger partial charge in [-0.2, -0.15) is 0 Å². The van der Waals surface area contributed by atoms with E-state index >= 15 is 0 Å². The van der Waals surface area contributed by atoms with Gasteiger partial charge in [0.1, 0.15) is 13.2 Å². The van der Waals surface area contributed by atoms with E-state index in [1.165, 1.54) is 0 Å². The van der Waals surface area contributed by atoms with Crippen LogP contribution in [-0.2, 0) is 16.1 Å². The molecular weight excluding hydrogens is 334 g/mol. The summed E-state index contributed by atoms with van der Waals surface area (Å²) in [6.07, 6.45) is 0. The molecule has 4 nitrogen and oxygen atoms in total. The topological polar surface area (TPSA) is 55.4 Å². The molecule has 2 aromatic rings. The quantitative estimate of drug-likeness (QED) is 0.846. The van der Waals surface area contributed by atoms with Crippen molar-refractivity contribution in [1.29, 1.82) is 0 Å². The minimum atomic E-state index is -0.470. The summed E-state index contributed by atoms with van der Waals surface area (Å²) in [5.41, 5.74) is 1.39. The van der Waals surface area contributed by atoms with Crippen LogP contribution in [0.5, 0.6) is 0 Å². The van der Waals surface area contributed by atoms with E-state index in [1.807, 2.05) is 36.4 Å². The lowest BCUT2D eigenvalue weighted by molar-refractivity contribution is -0.143. The minimum Gasteiger partial charge on any atom is -0.460 e. The van der Waals surface area contributed by atoms with Crippen LogP contribution in [0.25, 0.3) is 0 Å². The molecule has 0 aliphatic carbocycles. The zero-order chi connectivity index (χ0) is 15.1. The number of amides is 1. The lowest BCUT2D eigenvalue weighted by atomic mass is 10.2. The standard InChI is InChI=1S/C16H14BrNO3/c17-14-8-4-7-13(9-14)16(20)18-10-15(19)21-11-12-5-2-1-3-6-12/h1-9H,10-11H2,(H,18,20). The fourth-order valence-corrected chi connectivity index (χ4v) is 2.07. The van der Waals surface area contributed by atoms with E-state index in [0.717, 1.165) is 10.0 Å².